The van der Waals surface area contributed by atoms with Crippen LogP contribution in [-0.2, 0) is 22.7 Å². The molecule has 0 amide bonds. The van der Waals surface area contributed by atoms with Crippen molar-refractivity contribution in [2.45, 2.75) is 171 Å². The van der Waals surface area contributed by atoms with Crippen LogP contribution in [0.15, 0.2) is 243 Å². The van der Waals surface area contributed by atoms with Gasteiger partial charge in [0, 0.05) is 29.3 Å². The first-order valence-electron chi connectivity index (χ1n) is 33.6. The van der Waals surface area contributed by atoms with Crippen LogP contribution >= 0.6 is 0 Å². The van der Waals surface area contributed by atoms with Crippen molar-refractivity contribution in [2.24, 2.45) is 0 Å². The number of hydrogen-bond donors (Lipinski definition) is 0. The van der Waals surface area contributed by atoms with Crippen LogP contribution in [-0.4, -0.2) is 7.05 Å². The summed E-state index contributed by atoms with van der Waals surface area (Å²) in [6.45, 7) is 30.4. The van der Waals surface area contributed by atoms with E-state index in [0.29, 0.717) is 0 Å². The topological polar surface area (TPSA) is 3.24 Å². The summed E-state index contributed by atoms with van der Waals surface area (Å²) in [5.41, 5.74) is 26.3. The number of nitrogens with zero attached hydrogens (tertiary/aromatic N) is 1. The van der Waals surface area contributed by atoms with E-state index in [-0.39, 0.29) is 10.8 Å². The molecule has 1 heteroatoms. The highest BCUT2D eigenvalue weighted by Crippen LogP contribution is 2.54. The van der Waals surface area contributed by atoms with E-state index in [9.17, 15) is 0 Å². The molecular formula is C87H103N. The molecule has 0 saturated heterocycles. The van der Waals surface area contributed by atoms with Gasteiger partial charge >= 0.3 is 0 Å². The number of anilines is 2. The molecule has 0 fully saturated rings. The number of benzene rings is 10. The maximum absolute atomic E-state index is 2.41. The summed E-state index contributed by atoms with van der Waals surface area (Å²) in [6, 6.07) is 89.5. The molecule has 1 nitrogen and oxygen atoms in total. The van der Waals surface area contributed by atoms with Gasteiger partial charge in [0.25, 0.3) is 0 Å². The fraction of sp³-hybridized carbons (Fsp3) is 0.310. The van der Waals surface area contributed by atoms with Crippen molar-refractivity contribution >= 4 is 11.4 Å². The Morgan fingerprint density at radius 3 is 1.24 bits per heavy atom. The SMILES string of the molecule is CC.CC.CC1(C)c2ccccc2-c2ccccc21.CCC.CCCC.CCCCCCC.CN(c1ccc(-c2cccc3c2Cc2ccccc2C3(c2ccccc2)c2ccccc2)cc1)c1ccc2c(c1)C(C)(C)c1cc(-c3ccccc3)ccc1-2. The summed E-state index contributed by atoms with van der Waals surface area (Å²) in [4.78, 5) is 2.32. The normalized spacial score (nSPS) is 13.1. The molecule has 456 valence electrons. The van der Waals surface area contributed by atoms with E-state index >= 15 is 0 Å². The number of rotatable bonds is 11. The Bertz CT molecular complexity index is 3620. The Morgan fingerprint density at radius 2 is 0.716 bits per heavy atom. The largest absolute Gasteiger partial charge is 0.345 e. The smallest absolute Gasteiger partial charge is 0.0707 e. The van der Waals surface area contributed by atoms with Crippen LogP contribution in [0.5, 0.6) is 0 Å². The number of unbranched alkanes of at least 4 members (excludes halogenated alkanes) is 5. The van der Waals surface area contributed by atoms with Gasteiger partial charge in [-0.1, -0.05) is 361 Å². The summed E-state index contributed by atoms with van der Waals surface area (Å²) in [7, 11) is 2.19. The quantitative estimate of drug-likeness (QED) is 0.117. The Morgan fingerprint density at radius 1 is 0.318 bits per heavy atom. The molecule has 0 aromatic heterocycles. The van der Waals surface area contributed by atoms with Gasteiger partial charge < -0.3 is 4.90 Å². The van der Waals surface area contributed by atoms with E-state index in [1.54, 1.807) is 0 Å². The van der Waals surface area contributed by atoms with Crippen LogP contribution in [0.1, 0.15) is 204 Å². The van der Waals surface area contributed by atoms with Crippen LogP contribution in [0.4, 0.5) is 11.4 Å². The highest BCUT2D eigenvalue weighted by Gasteiger charge is 2.44. The maximum atomic E-state index is 2.41. The molecule has 3 aliphatic carbocycles. The van der Waals surface area contributed by atoms with Crippen LogP contribution in [0, 0.1) is 0 Å². The first-order valence-corrected chi connectivity index (χ1v) is 33.6. The van der Waals surface area contributed by atoms with Gasteiger partial charge in [0.15, 0.2) is 0 Å². The second kappa shape index (κ2) is 32.3. The molecular weight excluding hydrogens is 1060 g/mol. The lowest BCUT2D eigenvalue weighted by Gasteiger charge is -2.43. The van der Waals surface area contributed by atoms with Gasteiger partial charge in [-0.05, 0) is 137 Å². The van der Waals surface area contributed by atoms with E-state index in [1.165, 1.54) is 163 Å². The number of hydrogen-bond acceptors (Lipinski definition) is 1. The predicted octanol–water partition coefficient (Wildman–Crippen LogP) is 25.6. The molecule has 10 aromatic rings. The Labute approximate surface area is 534 Å². The lowest BCUT2D eigenvalue weighted by molar-refractivity contribution is 0.656. The fourth-order valence-corrected chi connectivity index (χ4v) is 13.0. The molecule has 0 heterocycles. The molecule has 3 aliphatic rings. The average molecular weight is 1160 g/mol. The molecule has 0 radical (unpaired) electrons. The van der Waals surface area contributed by atoms with Crippen molar-refractivity contribution in [3.63, 3.8) is 0 Å². The molecule has 0 saturated carbocycles. The van der Waals surface area contributed by atoms with E-state index < -0.39 is 5.41 Å². The standard InChI is InChI=1S/C54H43N.C15H14.C7H16.C4H10.C3H8.2C2H6/c1-53(2)51-35-39(37-16-7-4-8-17-37)28-32-46(51)47-33-31-44(36-52(47)53)55(3)43-29-26-38(27-30-43)45-23-15-25-50-48(45)34-40-18-13-14-24-49(40)54(50,41-19-9-5-10-20-41)42-21-11-6-12-22-42;1-15(2)13-9-5-3-7-11(13)12-8-4-6-10-14(12)15;1-3-5-7-6-4-2;1-3-4-2;1-3-2;2*1-2/h4-33,35-36H,34H2,1-3H3;3-10H,1-2H3;3-7H2,1-2H3;3-4H2,1-2H3;3H2,1-2H3;2*1-2H3. The lowest BCUT2D eigenvalue weighted by Crippen LogP contribution is -2.36. The highest BCUT2D eigenvalue weighted by molar-refractivity contribution is 5.86. The van der Waals surface area contributed by atoms with Crippen molar-refractivity contribution in [1.82, 2.24) is 0 Å². The molecule has 0 aliphatic heterocycles. The lowest BCUT2D eigenvalue weighted by atomic mass is 9.59. The van der Waals surface area contributed by atoms with E-state index in [2.05, 4.69) is 324 Å². The Hall–Kier alpha value is -8.00. The zero-order valence-electron chi connectivity index (χ0n) is 56.4. The van der Waals surface area contributed by atoms with Crippen molar-refractivity contribution in [3.8, 4) is 44.5 Å². The molecule has 0 spiro atoms. The maximum Gasteiger partial charge on any atom is 0.0707 e. The average Bonchev–Trinajstić information content (AvgIpc) is 1.31. The van der Waals surface area contributed by atoms with Crippen LogP contribution in [0.3, 0.4) is 0 Å². The van der Waals surface area contributed by atoms with Gasteiger partial charge in [0.1, 0.15) is 0 Å². The minimum absolute atomic E-state index is 0.101. The molecule has 0 atom stereocenters. The van der Waals surface area contributed by atoms with Crippen molar-refractivity contribution in [2.75, 3.05) is 11.9 Å². The molecule has 0 unspecified atom stereocenters. The summed E-state index contributed by atoms with van der Waals surface area (Å²) >= 11 is 0. The second-order valence-electron chi connectivity index (χ2n) is 24.2. The molecule has 0 N–H and O–H groups in total. The molecule has 0 bridgehead atoms. The van der Waals surface area contributed by atoms with Crippen LogP contribution in [0.2, 0.25) is 0 Å². The zero-order valence-corrected chi connectivity index (χ0v) is 56.4. The number of fused-ring (bicyclic) bond motifs is 8. The van der Waals surface area contributed by atoms with Gasteiger partial charge in [0.05, 0.1) is 5.41 Å². The van der Waals surface area contributed by atoms with Crippen molar-refractivity contribution in [1.29, 1.82) is 0 Å². The molecule has 88 heavy (non-hydrogen) atoms. The predicted molar refractivity (Wildman–Crippen MR) is 388 cm³/mol. The molecule has 10 aromatic carbocycles. The molecule has 13 rings (SSSR count). The van der Waals surface area contributed by atoms with Crippen molar-refractivity contribution in [3.05, 3.63) is 298 Å². The highest BCUT2D eigenvalue weighted by atomic mass is 15.1. The summed E-state index contributed by atoms with van der Waals surface area (Å²) in [5.74, 6) is 0. The second-order valence-corrected chi connectivity index (χ2v) is 24.2. The summed E-state index contributed by atoms with van der Waals surface area (Å²) < 4.78 is 0. The summed E-state index contributed by atoms with van der Waals surface area (Å²) in [6.07, 6.45) is 11.8. The third-order valence-electron chi connectivity index (χ3n) is 17.7. The third kappa shape index (κ3) is 14.3. The van der Waals surface area contributed by atoms with E-state index in [1.807, 2.05) is 27.7 Å². The van der Waals surface area contributed by atoms with Gasteiger partial charge in [0.2, 0.25) is 0 Å². The first-order chi connectivity index (χ1) is 42.9. The summed E-state index contributed by atoms with van der Waals surface area (Å²) in [5, 5.41) is 0. The van der Waals surface area contributed by atoms with Gasteiger partial charge in [-0.3, -0.25) is 0 Å². The Balaban J connectivity index is 0.000000274. The minimum Gasteiger partial charge on any atom is -0.345 e. The first kappa shape index (κ1) is 67.5. The zero-order chi connectivity index (χ0) is 63.3. The van der Waals surface area contributed by atoms with Crippen LogP contribution < -0.4 is 4.90 Å². The van der Waals surface area contributed by atoms with Gasteiger partial charge in [-0.25, -0.2) is 0 Å². The van der Waals surface area contributed by atoms with Crippen LogP contribution in [0.25, 0.3) is 44.5 Å². The van der Waals surface area contributed by atoms with E-state index in [0.717, 1.165) is 6.42 Å². The van der Waals surface area contributed by atoms with E-state index in [4.69, 9.17) is 0 Å². The Kier molecular flexibility index (Phi) is 24.8. The fourth-order valence-electron chi connectivity index (χ4n) is 13.0. The monoisotopic (exact) mass is 1160 g/mol. The third-order valence-corrected chi connectivity index (χ3v) is 17.7. The van der Waals surface area contributed by atoms with Gasteiger partial charge in [-0.2, -0.15) is 0 Å². The van der Waals surface area contributed by atoms with Crippen molar-refractivity contribution < 1.29 is 0 Å². The minimum atomic E-state index is -0.424. The van der Waals surface area contributed by atoms with Gasteiger partial charge in [-0.15, -0.1) is 0 Å².